The minimum Gasteiger partial charge on any atom is -0.329 e. The van der Waals surface area contributed by atoms with Crippen molar-refractivity contribution in [2.75, 3.05) is 5.32 Å². The number of carbonyl (C=O) groups is 1. The molecule has 1 aromatic heterocycles. The van der Waals surface area contributed by atoms with Crippen LogP contribution >= 0.6 is 0 Å². The maximum atomic E-state index is 12.5. The lowest BCUT2D eigenvalue weighted by Gasteiger charge is -2.06. The average molecular weight is 357 g/mol. The highest BCUT2D eigenvalue weighted by Crippen LogP contribution is 2.29. The van der Waals surface area contributed by atoms with Crippen LogP contribution in [0.15, 0.2) is 53.1 Å². The van der Waals surface area contributed by atoms with Gasteiger partial charge < -0.3 is 9.84 Å². The largest absolute Gasteiger partial charge is 0.471 e. The number of benzene rings is 2. The molecule has 3 rings (SSSR count). The molecule has 0 saturated heterocycles. The lowest BCUT2D eigenvalue weighted by molar-refractivity contribution is -0.159. The van der Waals surface area contributed by atoms with Crippen molar-refractivity contribution in [2.45, 2.75) is 6.18 Å². The molecule has 0 saturated carbocycles. The van der Waals surface area contributed by atoms with Gasteiger partial charge in [-0.05, 0) is 30.3 Å². The normalized spacial score (nSPS) is 11.0. The number of anilines is 1. The fourth-order valence-corrected chi connectivity index (χ4v) is 2.12. The number of halogens is 3. The molecule has 1 amide bonds. The maximum absolute atomic E-state index is 12.5. The van der Waals surface area contributed by atoms with Crippen LogP contribution in [-0.2, 0) is 6.18 Å². The van der Waals surface area contributed by atoms with E-state index in [0.29, 0.717) is 16.8 Å². The van der Waals surface area contributed by atoms with Gasteiger partial charge in [-0.1, -0.05) is 29.3 Å². The summed E-state index contributed by atoms with van der Waals surface area (Å²) in [5, 5.41) is 5.97. The van der Waals surface area contributed by atoms with E-state index in [1.807, 2.05) is 0 Å². The summed E-state index contributed by atoms with van der Waals surface area (Å²) in [6, 6.07) is 12.5. The zero-order chi connectivity index (χ0) is 18.7. The quantitative estimate of drug-likeness (QED) is 0.720. The van der Waals surface area contributed by atoms with Crippen LogP contribution in [-0.4, -0.2) is 16.0 Å². The second kappa shape index (κ2) is 6.72. The monoisotopic (exact) mass is 357 g/mol. The van der Waals surface area contributed by atoms with Gasteiger partial charge in [0.25, 0.3) is 5.91 Å². The molecule has 0 aliphatic carbocycles. The summed E-state index contributed by atoms with van der Waals surface area (Å²) in [5.74, 6) is 0.426. The van der Waals surface area contributed by atoms with E-state index < -0.39 is 18.0 Å². The molecule has 2 aromatic carbocycles. The Hall–Kier alpha value is -3.60. The number of hydrogen-bond acceptors (Lipinski definition) is 4. The van der Waals surface area contributed by atoms with Crippen molar-refractivity contribution in [3.63, 3.8) is 0 Å². The molecule has 0 atom stereocenters. The summed E-state index contributed by atoms with van der Waals surface area (Å²) in [4.78, 5) is 15.5. The molecule has 0 bridgehead atoms. The molecule has 0 unspecified atom stereocenters. The van der Waals surface area contributed by atoms with E-state index in [2.05, 4.69) is 25.9 Å². The van der Waals surface area contributed by atoms with Crippen LogP contribution < -0.4 is 5.32 Å². The molecule has 8 heteroatoms. The first-order chi connectivity index (χ1) is 12.4. The van der Waals surface area contributed by atoms with Gasteiger partial charge in [0, 0.05) is 22.4 Å². The molecule has 1 N–H and O–H groups in total. The van der Waals surface area contributed by atoms with Gasteiger partial charge in [0.05, 0.1) is 0 Å². The Labute approximate surface area is 145 Å². The van der Waals surface area contributed by atoms with E-state index >= 15 is 0 Å². The third kappa shape index (κ3) is 3.72. The zero-order valence-electron chi connectivity index (χ0n) is 13.0. The number of amides is 1. The topological polar surface area (TPSA) is 68.0 Å². The van der Waals surface area contributed by atoms with Crippen molar-refractivity contribution in [1.29, 1.82) is 0 Å². The Morgan fingerprint density at radius 2 is 1.88 bits per heavy atom. The molecular formula is C18H10F3N3O2. The molecule has 3 aromatic rings. The molecule has 0 spiro atoms. The van der Waals surface area contributed by atoms with Crippen LogP contribution in [0.5, 0.6) is 0 Å². The Morgan fingerprint density at radius 3 is 2.50 bits per heavy atom. The number of rotatable bonds is 3. The second-order valence-corrected chi connectivity index (χ2v) is 5.18. The summed E-state index contributed by atoms with van der Waals surface area (Å²) in [7, 11) is 0. The summed E-state index contributed by atoms with van der Waals surface area (Å²) in [6.45, 7) is 0. The lowest BCUT2D eigenvalue weighted by atomic mass is 10.1. The van der Waals surface area contributed by atoms with E-state index in [1.165, 1.54) is 24.3 Å². The van der Waals surface area contributed by atoms with Gasteiger partial charge in [0.15, 0.2) is 0 Å². The van der Waals surface area contributed by atoms with Crippen molar-refractivity contribution in [3.05, 3.63) is 65.5 Å². The number of terminal acetylenes is 1. The molecule has 0 aliphatic rings. The molecule has 5 nitrogen and oxygen atoms in total. The zero-order valence-corrected chi connectivity index (χ0v) is 13.0. The second-order valence-electron chi connectivity index (χ2n) is 5.18. The molecule has 0 radical (unpaired) electrons. The number of hydrogen-bond donors (Lipinski definition) is 1. The highest BCUT2D eigenvalue weighted by molar-refractivity contribution is 6.04. The van der Waals surface area contributed by atoms with Crippen LogP contribution in [0.4, 0.5) is 18.9 Å². The van der Waals surface area contributed by atoms with Gasteiger partial charge in [-0.15, -0.1) is 6.42 Å². The van der Waals surface area contributed by atoms with Gasteiger partial charge in [-0.25, -0.2) is 0 Å². The fraction of sp³-hybridized carbons (Fsp3) is 0.0556. The minimum absolute atomic E-state index is 0.217. The predicted molar refractivity (Wildman–Crippen MR) is 87.1 cm³/mol. The van der Waals surface area contributed by atoms with E-state index in [9.17, 15) is 18.0 Å². The number of carbonyl (C=O) groups excluding carboxylic acids is 1. The SMILES string of the molecule is C#Cc1cccc(NC(=O)c2ccc(-c3noc(C(F)(F)F)n3)cc2)c1. The molecule has 0 fully saturated rings. The van der Waals surface area contributed by atoms with Crippen molar-refractivity contribution in [1.82, 2.24) is 10.1 Å². The summed E-state index contributed by atoms with van der Waals surface area (Å²) < 4.78 is 41.6. The number of aromatic nitrogens is 2. The minimum atomic E-state index is -4.71. The Bertz CT molecular complexity index is 986. The summed E-state index contributed by atoms with van der Waals surface area (Å²) in [6.07, 6.45) is 0.598. The molecule has 130 valence electrons. The number of alkyl halides is 3. The van der Waals surface area contributed by atoms with E-state index in [0.717, 1.165) is 0 Å². The fourth-order valence-electron chi connectivity index (χ4n) is 2.12. The molecule has 26 heavy (non-hydrogen) atoms. The van der Waals surface area contributed by atoms with E-state index in [1.54, 1.807) is 24.3 Å². The summed E-state index contributed by atoms with van der Waals surface area (Å²) >= 11 is 0. The van der Waals surface area contributed by atoms with Crippen LogP contribution in [0.2, 0.25) is 0 Å². The predicted octanol–water partition coefficient (Wildman–Crippen LogP) is 3.99. The number of nitrogens with one attached hydrogen (secondary N) is 1. The smallest absolute Gasteiger partial charge is 0.329 e. The van der Waals surface area contributed by atoms with Gasteiger partial charge in [-0.3, -0.25) is 4.79 Å². The van der Waals surface area contributed by atoms with E-state index in [-0.39, 0.29) is 11.4 Å². The third-order valence-electron chi connectivity index (χ3n) is 3.36. The Kier molecular flexibility index (Phi) is 4.45. The van der Waals surface area contributed by atoms with Crippen LogP contribution in [0, 0.1) is 12.3 Å². The van der Waals surface area contributed by atoms with Crippen LogP contribution in [0.3, 0.4) is 0 Å². The van der Waals surface area contributed by atoms with Crippen molar-refractivity contribution < 1.29 is 22.5 Å². The van der Waals surface area contributed by atoms with Crippen molar-refractivity contribution in [3.8, 4) is 23.7 Å². The highest BCUT2D eigenvalue weighted by atomic mass is 19.4. The first kappa shape index (κ1) is 17.2. The molecule has 1 heterocycles. The van der Waals surface area contributed by atoms with Gasteiger partial charge in [0.1, 0.15) is 0 Å². The lowest BCUT2D eigenvalue weighted by Crippen LogP contribution is -2.11. The van der Waals surface area contributed by atoms with Gasteiger partial charge in [-0.2, -0.15) is 18.2 Å². The molecule has 0 aliphatic heterocycles. The van der Waals surface area contributed by atoms with Crippen molar-refractivity contribution in [2.24, 2.45) is 0 Å². The Morgan fingerprint density at radius 1 is 1.15 bits per heavy atom. The maximum Gasteiger partial charge on any atom is 0.471 e. The van der Waals surface area contributed by atoms with E-state index in [4.69, 9.17) is 6.42 Å². The first-order valence-corrected chi connectivity index (χ1v) is 7.26. The molecular weight excluding hydrogens is 347 g/mol. The van der Waals surface area contributed by atoms with Gasteiger partial charge >= 0.3 is 12.1 Å². The third-order valence-corrected chi connectivity index (χ3v) is 3.36. The van der Waals surface area contributed by atoms with Crippen LogP contribution in [0.25, 0.3) is 11.4 Å². The van der Waals surface area contributed by atoms with Crippen LogP contribution in [0.1, 0.15) is 21.8 Å². The van der Waals surface area contributed by atoms with Crippen molar-refractivity contribution >= 4 is 11.6 Å². The number of nitrogens with zero attached hydrogens (tertiary/aromatic N) is 2. The Balaban J connectivity index is 1.75. The van der Waals surface area contributed by atoms with Gasteiger partial charge in [0.2, 0.25) is 5.82 Å². The average Bonchev–Trinajstić information content (AvgIpc) is 3.12. The first-order valence-electron chi connectivity index (χ1n) is 7.26. The summed E-state index contributed by atoms with van der Waals surface area (Å²) in [5.41, 5.74) is 1.74. The highest BCUT2D eigenvalue weighted by Gasteiger charge is 2.38. The standard InChI is InChI=1S/C18H10F3N3O2/c1-2-11-4-3-5-14(10-11)22-16(25)13-8-6-12(7-9-13)15-23-17(26-24-15)18(19,20)21/h1,3-10H,(H,22,25).